The van der Waals surface area contributed by atoms with Gasteiger partial charge in [-0.15, -0.1) is 0 Å². The molecular formula is C28H37N3O6. The lowest BCUT2D eigenvalue weighted by molar-refractivity contribution is -0.136. The molecule has 1 spiro atoms. The van der Waals surface area contributed by atoms with E-state index in [4.69, 9.17) is 23.9 Å². The Labute approximate surface area is 218 Å². The van der Waals surface area contributed by atoms with Gasteiger partial charge in [0.2, 0.25) is 5.90 Å². The van der Waals surface area contributed by atoms with Crippen LogP contribution in [0.15, 0.2) is 41.4 Å². The zero-order valence-corrected chi connectivity index (χ0v) is 21.8. The average molecular weight is 512 g/mol. The van der Waals surface area contributed by atoms with E-state index < -0.39 is 11.6 Å². The number of urea groups is 1. The van der Waals surface area contributed by atoms with Crippen LogP contribution in [0.3, 0.4) is 0 Å². The molecule has 2 fully saturated rings. The van der Waals surface area contributed by atoms with Crippen molar-refractivity contribution in [1.82, 2.24) is 9.80 Å². The van der Waals surface area contributed by atoms with Gasteiger partial charge in [0.25, 0.3) is 0 Å². The number of carbonyl (C=O) groups excluding carboxylic acids is 2. The van der Waals surface area contributed by atoms with Gasteiger partial charge in [-0.2, -0.15) is 0 Å². The van der Waals surface area contributed by atoms with Crippen LogP contribution in [-0.2, 0) is 25.5 Å². The quantitative estimate of drug-likeness (QED) is 0.239. The fourth-order valence-corrected chi connectivity index (χ4v) is 5.43. The van der Waals surface area contributed by atoms with E-state index in [1.807, 2.05) is 36.1 Å². The number of aliphatic imine (C=N–C) groups is 1. The third-order valence-corrected chi connectivity index (χ3v) is 7.70. The van der Waals surface area contributed by atoms with E-state index in [1.54, 1.807) is 12.0 Å². The number of carbonyl (C=O) groups is 2. The molecule has 1 aromatic rings. The molecule has 0 N–H and O–H groups in total. The zero-order chi connectivity index (χ0) is 25.8. The summed E-state index contributed by atoms with van der Waals surface area (Å²) in [5.74, 6) is 0.897. The highest BCUT2D eigenvalue weighted by atomic mass is 16.7. The summed E-state index contributed by atoms with van der Waals surface area (Å²) in [6.07, 6.45) is 9.18. The minimum Gasteiger partial charge on any atom is -0.497 e. The summed E-state index contributed by atoms with van der Waals surface area (Å²) in [6.45, 7) is 4.14. The van der Waals surface area contributed by atoms with Crippen LogP contribution >= 0.6 is 0 Å². The Morgan fingerprint density at radius 1 is 1.16 bits per heavy atom. The zero-order valence-electron chi connectivity index (χ0n) is 21.8. The van der Waals surface area contributed by atoms with Gasteiger partial charge in [0.1, 0.15) is 18.6 Å². The summed E-state index contributed by atoms with van der Waals surface area (Å²) in [5, 5.41) is 0. The number of rotatable bonds is 7. The number of esters is 1. The topological polar surface area (TPSA) is 89.9 Å². The van der Waals surface area contributed by atoms with E-state index in [-0.39, 0.29) is 30.8 Å². The van der Waals surface area contributed by atoms with Gasteiger partial charge in [-0.1, -0.05) is 30.7 Å². The molecule has 1 saturated carbocycles. The largest absolute Gasteiger partial charge is 0.497 e. The number of ether oxygens (including phenoxy) is 4. The maximum Gasteiger partial charge on any atom is 0.341 e. The molecule has 1 aromatic carbocycles. The molecule has 5 rings (SSSR count). The summed E-state index contributed by atoms with van der Waals surface area (Å²) in [5.41, 5.74) is 0.215. The monoisotopic (exact) mass is 511 g/mol. The second kappa shape index (κ2) is 11.2. The Bertz CT molecular complexity index is 1040. The van der Waals surface area contributed by atoms with Crippen molar-refractivity contribution in [2.24, 2.45) is 10.9 Å². The standard InChI is InChI=1S/C28H37N3O6/c1-3-35-19-36-23-15-24-25-29-28(26(32)37-25)16-21(28)9-7-5-4-6-8-14-30(27(33)31(24)18-23)17-20-10-12-22(34-2)13-11-20/h7,9-13,21,23-24H,3-6,8,14-19H2,1-2H3/b9-7-/t21-,23-,24+,28?/m1/s1. The lowest BCUT2D eigenvalue weighted by Gasteiger charge is -2.31. The van der Waals surface area contributed by atoms with Crippen LogP contribution in [0.2, 0.25) is 0 Å². The lowest BCUT2D eigenvalue weighted by Crippen LogP contribution is -2.48. The molecule has 1 aliphatic carbocycles. The second-order valence-electron chi connectivity index (χ2n) is 10.2. The molecule has 2 bridgehead atoms. The molecule has 9 heteroatoms. The van der Waals surface area contributed by atoms with Gasteiger partial charge in [-0.25, -0.2) is 14.6 Å². The first-order chi connectivity index (χ1) is 18.0. The van der Waals surface area contributed by atoms with Crippen LogP contribution in [0.25, 0.3) is 0 Å². The van der Waals surface area contributed by atoms with E-state index in [0.717, 1.165) is 37.0 Å². The van der Waals surface area contributed by atoms with Crippen molar-refractivity contribution >= 4 is 17.9 Å². The van der Waals surface area contributed by atoms with E-state index in [2.05, 4.69) is 12.2 Å². The molecule has 37 heavy (non-hydrogen) atoms. The summed E-state index contributed by atoms with van der Waals surface area (Å²) in [6, 6.07) is 7.26. The third kappa shape index (κ3) is 5.52. The first-order valence-corrected chi connectivity index (χ1v) is 13.4. The minimum absolute atomic E-state index is 0.0738. The molecule has 1 saturated heterocycles. The normalized spacial score (nSPS) is 30.5. The molecule has 3 heterocycles. The predicted octanol–water partition coefficient (Wildman–Crippen LogP) is 3.91. The highest BCUT2D eigenvalue weighted by molar-refractivity contribution is 6.05. The van der Waals surface area contributed by atoms with Crippen molar-refractivity contribution in [3.63, 3.8) is 0 Å². The molecule has 4 atom stereocenters. The van der Waals surface area contributed by atoms with Crippen LogP contribution < -0.4 is 4.74 Å². The first kappa shape index (κ1) is 25.7. The number of hydrogen-bond donors (Lipinski definition) is 0. The van der Waals surface area contributed by atoms with Crippen LogP contribution in [0.1, 0.15) is 51.0 Å². The number of amides is 2. The molecule has 0 radical (unpaired) electrons. The molecular weight excluding hydrogens is 474 g/mol. The highest BCUT2D eigenvalue weighted by Gasteiger charge is 2.65. The second-order valence-corrected chi connectivity index (χ2v) is 10.2. The van der Waals surface area contributed by atoms with Gasteiger partial charge in [0, 0.05) is 38.6 Å². The van der Waals surface area contributed by atoms with Gasteiger partial charge in [0.15, 0.2) is 5.54 Å². The fraction of sp³-hybridized carbons (Fsp3) is 0.607. The maximum atomic E-state index is 14.0. The van der Waals surface area contributed by atoms with Gasteiger partial charge in [0.05, 0.1) is 13.2 Å². The molecule has 200 valence electrons. The van der Waals surface area contributed by atoms with Crippen molar-refractivity contribution in [1.29, 1.82) is 0 Å². The van der Waals surface area contributed by atoms with Gasteiger partial charge < -0.3 is 28.7 Å². The molecule has 4 aliphatic rings. The highest BCUT2D eigenvalue weighted by Crippen LogP contribution is 2.52. The molecule has 2 amide bonds. The number of fused-ring (bicyclic) bond motifs is 2. The van der Waals surface area contributed by atoms with Crippen molar-refractivity contribution in [3.05, 3.63) is 42.0 Å². The smallest absolute Gasteiger partial charge is 0.341 e. The predicted molar refractivity (Wildman–Crippen MR) is 137 cm³/mol. The number of allylic oxidation sites excluding steroid dienone is 1. The molecule has 3 aliphatic heterocycles. The molecule has 1 unspecified atom stereocenters. The van der Waals surface area contributed by atoms with Crippen molar-refractivity contribution in [3.8, 4) is 5.75 Å². The Balaban J connectivity index is 1.41. The summed E-state index contributed by atoms with van der Waals surface area (Å²) in [4.78, 5) is 35.4. The first-order valence-electron chi connectivity index (χ1n) is 13.4. The SMILES string of the molecule is CCOCO[C@@H]1C[C@H]2C3=NC4(C[C@H]4/C=C\CCCCCN(Cc4ccc(OC)cc4)C(=O)N2C1)C(=O)O3. The third-order valence-electron chi connectivity index (χ3n) is 7.70. The van der Waals surface area contributed by atoms with Crippen LogP contribution in [-0.4, -0.2) is 79.0 Å². The molecule has 9 nitrogen and oxygen atoms in total. The number of benzene rings is 1. The van der Waals surface area contributed by atoms with E-state index in [9.17, 15) is 9.59 Å². The van der Waals surface area contributed by atoms with Crippen molar-refractivity contribution < 1.29 is 28.5 Å². The van der Waals surface area contributed by atoms with Crippen LogP contribution in [0.5, 0.6) is 5.75 Å². The van der Waals surface area contributed by atoms with Crippen molar-refractivity contribution in [2.75, 3.05) is 33.6 Å². The Morgan fingerprint density at radius 2 is 2.00 bits per heavy atom. The van der Waals surface area contributed by atoms with Crippen LogP contribution in [0, 0.1) is 5.92 Å². The van der Waals surface area contributed by atoms with Crippen molar-refractivity contribution in [2.45, 2.75) is 69.7 Å². The van der Waals surface area contributed by atoms with Gasteiger partial charge in [-0.3, -0.25) is 0 Å². The van der Waals surface area contributed by atoms with E-state index in [0.29, 0.717) is 45.0 Å². The summed E-state index contributed by atoms with van der Waals surface area (Å²) >= 11 is 0. The minimum atomic E-state index is -0.812. The molecule has 0 aromatic heterocycles. The average Bonchev–Trinajstić information content (AvgIpc) is 3.26. The Kier molecular flexibility index (Phi) is 7.81. The Morgan fingerprint density at radius 3 is 2.78 bits per heavy atom. The van der Waals surface area contributed by atoms with E-state index >= 15 is 0 Å². The number of methoxy groups -OCH3 is 1. The van der Waals surface area contributed by atoms with Gasteiger partial charge in [-0.05, 0) is 50.3 Å². The summed E-state index contributed by atoms with van der Waals surface area (Å²) < 4.78 is 22.4. The van der Waals surface area contributed by atoms with Crippen LogP contribution in [0.4, 0.5) is 4.79 Å². The van der Waals surface area contributed by atoms with Gasteiger partial charge >= 0.3 is 12.0 Å². The fourth-order valence-electron chi connectivity index (χ4n) is 5.43. The number of hydrogen-bond acceptors (Lipinski definition) is 7. The summed E-state index contributed by atoms with van der Waals surface area (Å²) in [7, 11) is 1.64. The lowest BCUT2D eigenvalue weighted by atomic mass is 10.1. The van der Waals surface area contributed by atoms with E-state index in [1.165, 1.54) is 0 Å². The maximum absolute atomic E-state index is 14.0. The Hall–Kier alpha value is -2.91. The number of nitrogens with zero attached hydrogens (tertiary/aromatic N) is 3.